The van der Waals surface area contributed by atoms with Crippen molar-refractivity contribution in [3.8, 4) is 0 Å². The number of aliphatic hydroxyl groups excluding tert-OH is 1. The first kappa shape index (κ1) is 15.9. The van der Waals surface area contributed by atoms with Gasteiger partial charge in [0.15, 0.2) is 5.60 Å². The number of aliphatic hydroxyl groups is 1. The van der Waals surface area contributed by atoms with Crippen molar-refractivity contribution in [1.29, 1.82) is 0 Å². The number of hydrogen-bond acceptors (Lipinski definition) is 7. The Balaban J connectivity index is 1.54. The van der Waals surface area contributed by atoms with Gasteiger partial charge < -0.3 is 23.7 Å². The first-order valence-electron chi connectivity index (χ1n) is 9.39. The summed E-state index contributed by atoms with van der Waals surface area (Å²) in [5.41, 5.74) is -1.26. The number of furan rings is 1. The first-order chi connectivity index (χ1) is 12.9. The summed E-state index contributed by atoms with van der Waals surface area (Å²) >= 11 is 0. The minimum absolute atomic E-state index is 0.0953. The van der Waals surface area contributed by atoms with Crippen LogP contribution in [0.15, 0.2) is 34.7 Å². The second kappa shape index (κ2) is 4.64. The minimum Gasteiger partial charge on any atom is -0.472 e. The molecule has 1 aromatic rings. The van der Waals surface area contributed by atoms with E-state index in [4.69, 9.17) is 18.6 Å². The summed E-state index contributed by atoms with van der Waals surface area (Å²) in [6.45, 7) is 2.23. The molecule has 3 saturated heterocycles. The molecule has 1 aromatic heterocycles. The van der Waals surface area contributed by atoms with E-state index in [1.807, 2.05) is 13.0 Å². The van der Waals surface area contributed by atoms with Crippen molar-refractivity contribution in [3.63, 3.8) is 0 Å². The molecule has 1 saturated carbocycles. The Morgan fingerprint density at radius 3 is 2.89 bits per heavy atom. The number of rotatable bonds is 1. The Bertz CT molecular complexity index is 888. The van der Waals surface area contributed by atoms with E-state index in [1.165, 1.54) is 0 Å². The van der Waals surface area contributed by atoms with Crippen LogP contribution in [0.3, 0.4) is 0 Å². The van der Waals surface area contributed by atoms with Gasteiger partial charge in [0.05, 0.1) is 24.7 Å². The van der Waals surface area contributed by atoms with Crippen molar-refractivity contribution in [2.45, 2.75) is 50.1 Å². The summed E-state index contributed by atoms with van der Waals surface area (Å²) in [7, 11) is 0. The number of ether oxygens (including phenoxy) is 3. The van der Waals surface area contributed by atoms with Crippen molar-refractivity contribution in [2.24, 2.45) is 16.7 Å². The maximum absolute atomic E-state index is 13.2. The van der Waals surface area contributed by atoms with Gasteiger partial charge in [-0.3, -0.25) is 0 Å². The summed E-state index contributed by atoms with van der Waals surface area (Å²) < 4.78 is 22.6. The zero-order valence-electron chi connectivity index (χ0n) is 14.8. The number of esters is 2. The minimum atomic E-state index is -1.40. The van der Waals surface area contributed by atoms with E-state index in [1.54, 1.807) is 18.6 Å². The highest BCUT2D eigenvalue weighted by Gasteiger charge is 2.81. The van der Waals surface area contributed by atoms with Crippen molar-refractivity contribution < 1.29 is 33.3 Å². The van der Waals surface area contributed by atoms with E-state index in [2.05, 4.69) is 0 Å². The molecule has 1 spiro atoms. The first-order valence-corrected chi connectivity index (χ1v) is 9.39. The van der Waals surface area contributed by atoms with Gasteiger partial charge in [-0.1, -0.05) is 13.0 Å². The average molecular weight is 372 g/mol. The summed E-state index contributed by atoms with van der Waals surface area (Å²) in [4.78, 5) is 25.6. The normalized spacial score (nSPS) is 49.8. The van der Waals surface area contributed by atoms with Crippen LogP contribution in [-0.4, -0.2) is 41.5 Å². The molecule has 7 heteroatoms. The van der Waals surface area contributed by atoms with Gasteiger partial charge >= 0.3 is 11.9 Å². The van der Waals surface area contributed by atoms with Crippen LogP contribution in [-0.2, 0) is 23.8 Å². The van der Waals surface area contributed by atoms with Crippen LogP contribution < -0.4 is 0 Å². The molecule has 7 atom stereocenters. The van der Waals surface area contributed by atoms with Crippen LogP contribution in [0.1, 0.15) is 37.9 Å². The Morgan fingerprint density at radius 1 is 1.26 bits per heavy atom. The molecule has 7 nitrogen and oxygen atoms in total. The fourth-order valence-corrected chi connectivity index (χ4v) is 6.79. The van der Waals surface area contributed by atoms with Crippen molar-refractivity contribution >= 4 is 11.9 Å². The average Bonchev–Trinajstić information content (AvgIpc) is 3.30. The lowest BCUT2D eigenvalue weighted by Gasteiger charge is -2.58. The van der Waals surface area contributed by atoms with E-state index in [0.717, 1.165) is 5.56 Å². The van der Waals surface area contributed by atoms with Crippen LogP contribution in [0.2, 0.25) is 0 Å². The van der Waals surface area contributed by atoms with Gasteiger partial charge in [-0.05, 0) is 25.3 Å². The van der Waals surface area contributed by atoms with E-state index in [9.17, 15) is 14.7 Å². The highest BCUT2D eigenvalue weighted by Crippen LogP contribution is 2.73. The SMILES string of the molecule is C[C@]12C[C@H](c3ccoc3)OC(=O)[C@@]13O[C@@H]1CC=C4C(=O)OC[C@@]4(C[C@H]3O)[C@@H]12. The molecule has 0 unspecified atom stereocenters. The third-order valence-electron chi connectivity index (χ3n) is 7.71. The van der Waals surface area contributed by atoms with Crippen molar-refractivity contribution in [1.82, 2.24) is 0 Å². The molecular formula is C20H20O7. The zero-order valence-corrected chi connectivity index (χ0v) is 14.8. The zero-order chi connectivity index (χ0) is 18.6. The smallest absolute Gasteiger partial charge is 0.342 e. The Kier molecular flexibility index (Phi) is 2.73. The van der Waals surface area contributed by atoms with Gasteiger partial charge in [0.25, 0.3) is 0 Å². The third kappa shape index (κ3) is 1.55. The second-order valence-corrected chi connectivity index (χ2v) is 8.75. The largest absolute Gasteiger partial charge is 0.472 e. The van der Waals surface area contributed by atoms with Crippen LogP contribution >= 0.6 is 0 Å². The lowest BCUT2D eigenvalue weighted by molar-refractivity contribution is -0.239. The van der Waals surface area contributed by atoms with E-state index < -0.39 is 34.6 Å². The van der Waals surface area contributed by atoms with Gasteiger partial charge in [0, 0.05) is 27.9 Å². The van der Waals surface area contributed by atoms with Gasteiger partial charge in [0.1, 0.15) is 12.7 Å². The Labute approximate surface area is 155 Å². The third-order valence-corrected chi connectivity index (χ3v) is 7.71. The molecule has 4 fully saturated rings. The van der Waals surface area contributed by atoms with E-state index >= 15 is 0 Å². The number of carbonyl (C=O) groups excluding carboxylic acids is 2. The highest BCUT2D eigenvalue weighted by atomic mass is 16.6. The van der Waals surface area contributed by atoms with E-state index in [-0.39, 0.29) is 31.0 Å². The lowest BCUT2D eigenvalue weighted by Crippen LogP contribution is -2.69. The molecule has 5 aliphatic rings. The van der Waals surface area contributed by atoms with Crippen LogP contribution in [0.5, 0.6) is 0 Å². The van der Waals surface area contributed by atoms with E-state index in [0.29, 0.717) is 18.4 Å². The van der Waals surface area contributed by atoms with Crippen molar-refractivity contribution in [2.75, 3.05) is 6.61 Å². The molecule has 0 radical (unpaired) electrons. The van der Waals surface area contributed by atoms with Gasteiger partial charge in [-0.2, -0.15) is 0 Å². The summed E-state index contributed by atoms with van der Waals surface area (Å²) in [6, 6.07) is 1.79. The van der Waals surface area contributed by atoms with Gasteiger partial charge in [-0.25, -0.2) is 9.59 Å². The van der Waals surface area contributed by atoms with Gasteiger partial charge in [-0.15, -0.1) is 0 Å². The maximum Gasteiger partial charge on any atom is 0.342 e. The summed E-state index contributed by atoms with van der Waals surface area (Å²) in [5.74, 6) is -0.929. The quantitative estimate of drug-likeness (QED) is 0.749. The predicted molar refractivity (Wildman–Crippen MR) is 88.1 cm³/mol. The lowest BCUT2D eigenvalue weighted by atomic mass is 9.45. The standard InChI is InChI=1S/C20H20O7/c1-18-6-13(10-4-5-24-8-10)26-17(23)20(18)14(21)7-19-9-25-16(22)11(19)2-3-12(27-20)15(18)19/h2,4-5,8,12-15,21H,3,6-7,9H2,1H3/t12-,13-,14-,15+,18-,19-,20-/m1/s1. The molecule has 3 aliphatic heterocycles. The van der Waals surface area contributed by atoms with Crippen molar-refractivity contribution in [3.05, 3.63) is 35.8 Å². The van der Waals surface area contributed by atoms with Crippen LogP contribution in [0.4, 0.5) is 0 Å². The molecule has 0 amide bonds. The molecule has 142 valence electrons. The predicted octanol–water partition coefficient (Wildman–Crippen LogP) is 1.67. The molecule has 2 bridgehead atoms. The maximum atomic E-state index is 13.2. The monoisotopic (exact) mass is 372 g/mol. The number of hydrogen-bond donors (Lipinski definition) is 1. The second-order valence-electron chi connectivity index (χ2n) is 8.75. The summed E-state index contributed by atoms with van der Waals surface area (Å²) in [6.07, 6.45) is 4.53. The van der Waals surface area contributed by atoms with Crippen LogP contribution in [0, 0.1) is 16.7 Å². The molecule has 0 aromatic carbocycles. The van der Waals surface area contributed by atoms with Crippen LogP contribution in [0.25, 0.3) is 0 Å². The van der Waals surface area contributed by atoms with Gasteiger partial charge in [0.2, 0.25) is 0 Å². The Hall–Kier alpha value is -2.12. The fraction of sp³-hybridized carbons (Fsp3) is 0.600. The molecular weight excluding hydrogens is 352 g/mol. The molecule has 1 N–H and O–H groups in total. The molecule has 6 rings (SSSR count). The Morgan fingerprint density at radius 2 is 2.11 bits per heavy atom. The molecule has 4 heterocycles. The molecule has 27 heavy (non-hydrogen) atoms. The topological polar surface area (TPSA) is 95.2 Å². The summed E-state index contributed by atoms with van der Waals surface area (Å²) in [5, 5.41) is 11.2. The fourth-order valence-electron chi connectivity index (χ4n) is 6.79. The number of carbonyl (C=O) groups is 2. The highest BCUT2D eigenvalue weighted by molar-refractivity contribution is 5.93. The number of cyclic esters (lactones) is 2. The molecule has 2 aliphatic carbocycles.